The van der Waals surface area contributed by atoms with E-state index in [1.807, 2.05) is 13.8 Å². The topological polar surface area (TPSA) is 117 Å². The summed E-state index contributed by atoms with van der Waals surface area (Å²) >= 11 is 0. The van der Waals surface area contributed by atoms with E-state index in [0.717, 1.165) is 5.56 Å². The summed E-state index contributed by atoms with van der Waals surface area (Å²) in [5.41, 5.74) is 8.08. The Morgan fingerprint density at radius 2 is 2.10 bits per heavy atom. The van der Waals surface area contributed by atoms with Crippen LogP contribution in [0.2, 0.25) is 0 Å². The second-order valence-corrected chi connectivity index (χ2v) is 8.40. The van der Waals surface area contributed by atoms with Gasteiger partial charge in [-0.25, -0.2) is 4.39 Å². The van der Waals surface area contributed by atoms with Crippen LogP contribution in [-0.4, -0.2) is 33.2 Å². The van der Waals surface area contributed by atoms with Gasteiger partial charge in [-0.15, -0.1) is 0 Å². The summed E-state index contributed by atoms with van der Waals surface area (Å²) in [6.07, 6.45) is 1.02. The molecule has 0 fully saturated rings. The van der Waals surface area contributed by atoms with Crippen molar-refractivity contribution in [2.24, 2.45) is 5.73 Å². The predicted octanol–water partition coefficient (Wildman–Crippen LogP) is 4.19. The van der Waals surface area contributed by atoms with Gasteiger partial charge in [0.2, 0.25) is 0 Å². The number of aryl methyl sites for hydroxylation is 1. The molecule has 0 radical (unpaired) electrons. The first-order valence-corrected chi connectivity index (χ1v) is 11.1. The van der Waals surface area contributed by atoms with E-state index in [1.165, 1.54) is 12.1 Å². The molecule has 3 N–H and O–H groups in total. The van der Waals surface area contributed by atoms with E-state index < -0.39 is 10.1 Å². The number of benzene rings is 2. The Morgan fingerprint density at radius 1 is 1.29 bits per heavy atom. The highest BCUT2D eigenvalue weighted by Crippen LogP contribution is 2.28. The zero-order valence-electron chi connectivity index (χ0n) is 17.2. The van der Waals surface area contributed by atoms with Crippen LogP contribution >= 0.6 is 0 Å². The molecular formula is C21H24FN3O5S. The van der Waals surface area contributed by atoms with Crippen molar-refractivity contribution in [2.45, 2.75) is 25.2 Å². The molecule has 1 aromatic heterocycles. The van der Waals surface area contributed by atoms with E-state index in [0.29, 0.717) is 40.9 Å². The van der Waals surface area contributed by atoms with Gasteiger partial charge in [-0.2, -0.15) is 13.4 Å². The summed E-state index contributed by atoms with van der Waals surface area (Å²) in [5.74, 6) is 0.473. The lowest BCUT2D eigenvalue weighted by atomic mass is 10.2. The number of oxazole rings is 1. The highest BCUT2D eigenvalue weighted by molar-refractivity contribution is 7.86. The molecule has 0 spiro atoms. The van der Waals surface area contributed by atoms with Crippen LogP contribution in [0.5, 0.6) is 5.75 Å². The number of hydrogen-bond donors (Lipinski definition) is 2. The van der Waals surface area contributed by atoms with Gasteiger partial charge in [0.05, 0.1) is 17.8 Å². The van der Waals surface area contributed by atoms with Crippen LogP contribution in [0.25, 0.3) is 11.1 Å². The highest BCUT2D eigenvalue weighted by Gasteiger charge is 2.17. The first kappa shape index (κ1) is 22.7. The van der Waals surface area contributed by atoms with Gasteiger partial charge < -0.3 is 20.2 Å². The smallest absolute Gasteiger partial charge is 0.300 e. The van der Waals surface area contributed by atoms with Gasteiger partial charge in [0, 0.05) is 23.9 Å². The zero-order valence-corrected chi connectivity index (χ0v) is 18.0. The van der Waals surface area contributed by atoms with Crippen LogP contribution in [0.4, 0.5) is 16.1 Å². The minimum absolute atomic E-state index is 0.0261. The van der Waals surface area contributed by atoms with Gasteiger partial charge in [0.1, 0.15) is 17.9 Å². The Labute approximate surface area is 180 Å². The number of fused-ring (bicyclic) bond motifs is 1. The molecule has 0 saturated carbocycles. The molecule has 8 nitrogen and oxygen atoms in total. The summed E-state index contributed by atoms with van der Waals surface area (Å²) in [4.78, 5) is 4.39. The molecule has 0 atom stereocenters. The molecule has 0 bridgehead atoms. The number of ether oxygens (including phenoxy) is 1. The molecule has 0 amide bonds. The number of nitrogens with one attached hydrogen (secondary N) is 1. The normalized spacial score (nSPS) is 12.3. The summed E-state index contributed by atoms with van der Waals surface area (Å²) in [5, 5.41) is 3.00. The third kappa shape index (κ3) is 5.60. The van der Waals surface area contributed by atoms with E-state index in [1.54, 1.807) is 24.3 Å². The van der Waals surface area contributed by atoms with Gasteiger partial charge in [0.15, 0.2) is 5.58 Å². The average Bonchev–Trinajstić information content (AvgIpc) is 3.16. The number of hydrogen-bond acceptors (Lipinski definition) is 8. The molecule has 3 rings (SSSR count). The Hall–Kier alpha value is -2.95. The molecule has 0 unspecified atom stereocenters. The molecule has 0 aliphatic heterocycles. The Balaban J connectivity index is 1.81. The van der Waals surface area contributed by atoms with Crippen LogP contribution in [-0.2, 0) is 14.3 Å². The minimum Gasteiger partial charge on any atom is -0.489 e. The molecule has 31 heavy (non-hydrogen) atoms. The van der Waals surface area contributed by atoms with Crippen molar-refractivity contribution < 1.29 is 26.1 Å². The van der Waals surface area contributed by atoms with Gasteiger partial charge in [-0.05, 0) is 43.2 Å². The van der Waals surface area contributed by atoms with Crippen LogP contribution in [0.1, 0.15) is 18.9 Å². The van der Waals surface area contributed by atoms with E-state index in [4.69, 9.17) is 19.1 Å². The maximum atomic E-state index is 12.6. The van der Waals surface area contributed by atoms with Crippen molar-refractivity contribution in [3.63, 3.8) is 0 Å². The third-order valence-electron chi connectivity index (χ3n) is 4.38. The zero-order chi connectivity index (χ0) is 22.4. The fourth-order valence-electron chi connectivity index (χ4n) is 2.63. The summed E-state index contributed by atoms with van der Waals surface area (Å²) in [6, 6.07) is 9.84. The van der Waals surface area contributed by atoms with E-state index in [-0.39, 0.29) is 30.7 Å². The van der Waals surface area contributed by atoms with Crippen LogP contribution < -0.4 is 15.8 Å². The molecule has 0 aliphatic carbocycles. The first-order chi connectivity index (χ1) is 14.9. The lowest BCUT2D eigenvalue weighted by Gasteiger charge is -2.09. The predicted molar refractivity (Wildman–Crippen MR) is 116 cm³/mol. The SMILES string of the molecule is CCCOS(=O)(=O)c1ccc(C)c(Nc2nc3ccc(OC/C(=C\F)CN)cc3o2)c1. The van der Waals surface area contributed by atoms with Crippen LogP contribution in [0.3, 0.4) is 0 Å². The summed E-state index contributed by atoms with van der Waals surface area (Å²) < 4.78 is 53.4. The largest absolute Gasteiger partial charge is 0.489 e. The number of nitrogens with zero attached hydrogens (tertiary/aromatic N) is 1. The maximum absolute atomic E-state index is 12.6. The molecule has 3 aromatic rings. The fourth-order valence-corrected chi connectivity index (χ4v) is 3.65. The highest BCUT2D eigenvalue weighted by atomic mass is 32.2. The summed E-state index contributed by atoms with van der Waals surface area (Å²) in [7, 11) is -3.85. The van der Waals surface area contributed by atoms with Gasteiger partial charge in [-0.1, -0.05) is 13.0 Å². The molecule has 0 aliphatic rings. The minimum atomic E-state index is -3.85. The first-order valence-electron chi connectivity index (χ1n) is 9.65. The summed E-state index contributed by atoms with van der Waals surface area (Å²) in [6.45, 7) is 3.86. The van der Waals surface area contributed by atoms with Crippen molar-refractivity contribution in [1.82, 2.24) is 4.98 Å². The lowest BCUT2D eigenvalue weighted by molar-refractivity contribution is 0.318. The van der Waals surface area contributed by atoms with Crippen molar-refractivity contribution in [3.8, 4) is 5.75 Å². The third-order valence-corrected chi connectivity index (χ3v) is 5.69. The quantitative estimate of drug-likeness (QED) is 0.443. The second-order valence-electron chi connectivity index (χ2n) is 6.79. The fraction of sp³-hybridized carbons (Fsp3) is 0.286. The number of halogens is 1. The van der Waals surface area contributed by atoms with Gasteiger partial charge in [0.25, 0.3) is 16.1 Å². The average molecular weight is 450 g/mol. The number of aromatic nitrogens is 1. The standard InChI is InChI=1S/C21H24FN3O5S/c1-3-8-29-31(26,27)17-6-4-14(2)19(10-17)25-21-24-18-7-5-16(9-20(18)30-21)28-13-15(11-22)12-23/h4-7,9-11H,3,8,12-13,23H2,1-2H3,(H,24,25)/b15-11-. The number of nitrogens with two attached hydrogens (primary N) is 1. The van der Waals surface area contributed by atoms with Crippen molar-refractivity contribution in [3.05, 3.63) is 53.9 Å². The maximum Gasteiger partial charge on any atom is 0.300 e. The molecule has 1 heterocycles. The molecule has 2 aromatic carbocycles. The monoisotopic (exact) mass is 449 g/mol. The van der Waals surface area contributed by atoms with Gasteiger partial charge in [-0.3, -0.25) is 4.18 Å². The van der Waals surface area contributed by atoms with Crippen LogP contribution in [0, 0.1) is 6.92 Å². The van der Waals surface area contributed by atoms with Crippen LogP contribution in [0.15, 0.2) is 57.6 Å². The van der Waals surface area contributed by atoms with E-state index in [9.17, 15) is 12.8 Å². The Bertz CT molecular complexity index is 1190. The van der Waals surface area contributed by atoms with E-state index in [2.05, 4.69) is 10.3 Å². The van der Waals surface area contributed by atoms with E-state index >= 15 is 0 Å². The lowest BCUT2D eigenvalue weighted by Crippen LogP contribution is -2.10. The molecule has 166 valence electrons. The number of anilines is 2. The van der Waals surface area contributed by atoms with Gasteiger partial charge >= 0.3 is 0 Å². The molecule has 0 saturated heterocycles. The Kier molecular flexibility index (Phi) is 7.26. The molecule has 10 heteroatoms. The van der Waals surface area contributed by atoms with Crippen molar-refractivity contribution in [1.29, 1.82) is 0 Å². The van der Waals surface area contributed by atoms with Crippen molar-refractivity contribution in [2.75, 3.05) is 25.1 Å². The van der Waals surface area contributed by atoms with Crippen molar-refractivity contribution >= 4 is 32.9 Å². The number of rotatable bonds is 10. The molecular weight excluding hydrogens is 425 g/mol. The second kappa shape index (κ2) is 9.90. The Morgan fingerprint density at radius 3 is 2.81 bits per heavy atom.